The molecule has 0 amide bonds. The molecule has 82 valence electrons. The molecule has 1 fully saturated rings. The standard InChI is InChI=1S/C11H15NO2S/c1-8-2-3-15-10(8)7-12-5-9(6-12)4-11(13)14/h2-3,9H,4-7H2,1H3,(H,13,14). The number of carboxylic acid groups (broad SMARTS) is 1. The molecule has 1 saturated heterocycles. The number of carbonyl (C=O) groups is 1. The zero-order valence-electron chi connectivity index (χ0n) is 8.77. The Morgan fingerprint density at radius 3 is 2.93 bits per heavy atom. The van der Waals surface area contributed by atoms with E-state index in [4.69, 9.17) is 5.11 Å². The van der Waals surface area contributed by atoms with Gasteiger partial charge in [0.2, 0.25) is 0 Å². The van der Waals surface area contributed by atoms with Gasteiger partial charge in [-0.3, -0.25) is 9.69 Å². The van der Waals surface area contributed by atoms with Gasteiger partial charge in [-0.25, -0.2) is 0 Å². The number of rotatable bonds is 4. The summed E-state index contributed by atoms with van der Waals surface area (Å²) >= 11 is 1.78. The highest BCUT2D eigenvalue weighted by Crippen LogP contribution is 2.24. The van der Waals surface area contributed by atoms with Crippen molar-refractivity contribution in [1.29, 1.82) is 0 Å². The summed E-state index contributed by atoms with van der Waals surface area (Å²) in [5.41, 5.74) is 1.35. The molecule has 0 unspecified atom stereocenters. The van der Waals surface area contributed by atoms with Crippen molar-refractivity contribution in [2.24, 2.45) is 5.92 Å². The van der Waals surface area contributed by atoms with E-state index in [0.29, 0.717) is 12.3 Å². The summed E-state index contributed by atoms with van der Waals surface area (Å²) < 4.78 is 0. The maximum atomic E-state index is 10.5. The normalized spacial score (nSPS) is 17.7. The van der Waals surface area contributed by atoms with E-state index in [9.17, 15) is 4.79 Å². The molecule has 0 spiro atoms. The van der Waals surface area contributed by atoms with Crippen molar-refractivity contribution in [2.45, 2.75) is 19.9 Å². The second-order valence-electron chi connectivity index (χ2n) is 4.18. The molecule has 0 atom stereocenters. The summed E-state index contributed by atoms with van der Waals surface area (Å²) in [5.74, 6) is -0.310. The molecule has 1 N–H and O–H groups in total. The molecule has 0 saturated carbocycles. The monoisotopic (exact) mass is 225 g/mol. The fraction of sp³-hybridized carbons (Fsp3) is 0.545. The molecule has 1 aromatic rings. The van der Waals surface area contributed by atoms with Crippen LogP contribution in [0.15, 0.2) is 11.4 Å². The van der Waals surface area contributed by atoms with E-state index in [2.05, 4.69) is 23.3 Å². The Hall–Kier alpha value is -0.870. The van der Waals surface area contributed by atoms with Gasteiger partial charge in [0.05, 0.1) is 6.42 Å². The maximum absolute atomic E-state index is 10.5. The van der Waals surface area contributed by atoms with Crippen molar-refractivity contribution in [3.63, 3.8) is 0 Å². The van der Waals surface area contributed by atoms with E-state index in [1.165, 1.54) is 10.4 Å². The number of carboxylic acids is 1. The number of thiophene rings is 1. The Bertz CT molecular complexity index is 355. The lowest BCUT2D eigenvalue weighted by Crippen LogP contribution is -2.46. The average molecular weight is 225 g/mol. The second-order valence-corrected chi connectivity index (χ2v) is 5.19. The molecule has 4 heteroatoms. The molecule has 2 rings (SSSR count). The summed E-state index contributed by atoms with van der Waals surface area (Å²) in [6, 6.07) is 2.13. The SMILES string of the molecule is Cc1ccsc1CN1CC(CC(=O)O)C1. The lowest BCUT2D eigenvalue weighted by Gasteiger charge is -2.38. The van der Waals surface area contributed by atoms with Crippen LogP contribution in [0.25, 0.3) is 0 Å². The molecule has 0 aliphatic carbocycles. The number of hydrogen-bond donors (Lipinski definition) is 1. The van der Waals surface area contributed by atoms with Gasteiger partial charge in [0.25, 0.3) is 0 Å². The van der Waals surface area contributed by atoms with Crippen LogP contribution in [0.1, 0.15) is 16.9 Å². The Balaban J connectivity index is 1.77. The third-order valence-corrected chi connectivity index (χ3v) is 3.84. The Labute approximate surface area is 93.3 Å². The fourth-order valence-corrected chi connectivity index (χ4v) is 2.90. The van der Waals surface area contributed by atoms with Crippen LogP contribution < -0.4 is 0 Å². The molecular weight excluding hydrogens is 210 g/mol. The van der Waals surface area contributed by atoms with Crippen molar-refractivity contribution in [2.75, 3.05) is 13.1 Å². The first-order valence-corrected chi connectivity index (χ1v) is 6.00. The van der Waals surface area contributed by atoms with Gasteiger partial charge in [-0.05, 0) is 29.9 Å². The topological polar surface area (TPSA) is 40.5 Å². The minimum atomic E-state index is -0.674. The van der Waals surface area contributed by atoms with E-state index in [-0.39, 0.29) is 0 Å². The van der Waals surface area contributed by atoms with Crippen molar-refractivity contribution in [3.05, 3.63) is 21.9 Å². The molecule has 1 aliphatic rings. The van der Waals surface area contributed by atoms with Crippen LogP contribution in [0, 0.1) is 12.8 Å². The van der Waals surface area contributed by atoms with Gasteiger partial charge in [0, 0.05) is 24.5 Å². The molecule has 0 bridgehead atoms. The Kier molecular flexibility index (Phi) is 3.07. The predicted molar refractivity (Wildman–Crippen MR) is 60.1 cm³/mol. The summed E-state index contributed by atoms with van der Waals surface area (Å²) in [4.78, 5) is 14.2. The van der Waals surface area contributed by atoms with Gasteiger partial charge in [0.1, 0.15) is 0 Å². The summed E-state index contributed by atoms with van der Waals surface area (Å²) in [6.07, 6.45) is 0.319. The van der Waals surface area contributed by atoms with Crippen molar-refractivity contribution in [1.82, 2.24) is 4.90 Å². The van der Waals surface area contributed by atoms with Gasteiger partial charge < -0.3 is 5.11 Å². The van der Waals surface area contributed by atoms with Crippen molar-refractivity contribution >= 4 is 17.3 Å². The first-order chi connectivity index (χ1) is 7.15. The first kappa shape index (κ1) is 10.6. The van der Waals surface area contributed by atoms with Gasteiger partial charge in [-0.15, -0.1) is 11.3 Å². The molecule has 1 aromatic heterocycles. The molecule has 3 nitrogen and oxygen atoms in total. The number of likely N-dealkylation sites (tertiary alicyclic amines) is 1. The van der Waals surface area contributed by atoms with Crippen LogP contribution in [0.2, 0.25) is 0 Å². The second kappa shape index (κ2) is 4.33. The lowest BCUT2D eigenvalue weighted by molar-refractivity contribution is -0.139. The smallest absolute Gasteiger partial charge is 0.303 e. The summed E-state index contributed by atoms with van der Waals surface area (Å²) in [7, 11) is 0. The van der Waals surface area contributed by atoms with Gasteiger partial charge >= 0.3 is 5.97 Å². The zero-order valence-corrected chi connectivity index (χ0v) is 9.59. The van der Waals surface area contributed by atoms with Gasteiger partial charge in [-0.1, -0.05) is 0 Å². The first-order valence-electron chi connectivity index (χ1n) is 5.12. The van der Waals surface area contributed by atoms with Crippen molar-refractivity contribution in [3.8, 4) is 0 Å². The minimum Gasteiger partial charge on any atom is -0.481 e. The van der Waals surface area contributed by atoms with E-state index in [1.807, 2.05) is 0 Å². The quantitative estimate of drug-likeness (QED) is 0.851. The van der Waals surface area contributed by atoms with Gasteiger partial charge in [0.15, 0.2) is 0 Å². The number of nitrogens with zero attached hydrogens (tertiary/aromatic N) is 1. The van der Waals surface area contributed by atoms with Crippen LogP contribution >= 0.6 is 11.3 Å². The van der Waals surface area contributed by atoms with E-state index in [0.717, 1.165) is 19.6 Å². The largest absolute Gasteiger partial charge is 0.481 e. The maximum Gasteiger partial charge on any atom is 0.303 e. The summed E-state index contributed by atoms with van der Waals surface area (Å²) in [5, 5.41) is 10.7. The number of aliphatic carboxylic acids is 1. The van der Waals surface area contributed by atoms with Crippen LogP contribution in [0.3, 0.4) is 0 Å². The third-order valence-electron chi connectivity index (χ3n) is 2.83. The van der Waals surface area contributed by atoms with Crippen molar-refractivity contribution < 1.29 is 9.90 Å². The van der Waals surface area contributed by atoms with E-state index in [1.54, 1.807) is 11.3 Å². The van der Waals surface area contributed by atoms with Crippen LogP contribution in [0.4, 0.5) is 0 Å². The molecule has 15 heavy (non-hydrogen) atoms. The van der Waals surface area contributed by atoms with Crippen LogP contribution in [-0.2, 0) is 11.3 Å². The highest BCUT2D eigenvalue weighted by Gasteiger charge is 2.28. The minimum absolute atomic E-state index is 0.319. The molecule has 0 radical (unpaired) electrons. The molecular formula is C11H15NO2S. The molecule has 2 heterocycles. The number of hydrogen-bond acceptors (Lipinski definition) is 3. The predicted octanol–water partition coefficient (Wildman–Crippen LogP) is 1.96. The molecule has 1 aliphatic heterocycles. The summed E-state index contributed by atoms with van der Waals surface area (Å²) in [6.45, 7) is 4.98. The van der Waals surface area contributed by atoms with Crippen LogP contribution in [-0.4, -0.2) is 29.1 Å². The Morgan fingerprint density at radius 1 is 1.67 bits per heavy atom. The van der Waals surface area contributed by atoms with Crippen LogP contribution in [0.5, 0.6) is 0 Å². The lowest BCUT2D eigenvalue weighted by atomic mass is 9.96. The highest BCUT2D eigenvalue weighted by atomic mass is 32.1. The number of aryl methyl sites for hydroxylation is 1. The fourth-order valence-electron chi connectivity index (χ4n) is 1.95. The van der Waals surface area contributed by atoms with Gasteiger partial charge in [-0.2, -0.15) is 0 Å². The Morgan fingerprint density at radius 2 is 2.40 bits per heavy atom. The molecule has 0 aromatic carbocycles. The van der Waals surface area contributed by atoms with E-state index < -0.39 is 5.97 Å². The highest BCUT2D eigenvalue weighted by molar-refractivity contribution is 7.10. The third kappa shape index (κ3) is 2.58. The average Bonchev–Trinajstić information content (AvgIpc) is 2.47. The zero-order chi connectivity index (χ0) is 10.8. The van der Waals surface area contributed by atoms with E-state index >= 15 is 0 Å².